The van der Waals surface area contributed by atoms with Gasteiger partial charge < -0.3 is 10.6 Å². The molecule has 0 saturated carbocycles. The third-order valence-electron chi connectivity index (χ3n) is 3.75. The lowest BCUT2D eigenvalue weighted by Crippen LogP contribution is -2.43. The standard InChI is InChI=1S/C18H21ClN4O2/c1-12-4-7-15(8-5-12)21-17(24)11-23(3)13(2)18(25)22-16-9-6-14(19)10-20-16/h4-10,13H,11H2,1-3H3,(H,21,24)(H,20,22,25)/t13-/m1/s1. The predicted molar refractivity (Wildman–Crippen MR) is 99.8 cm³/mol. The van der Waals surface area contributed by atoms with E-state index in [4.69, 9.17) is 11.6 Å². The van der Waals surface area contributed by atoms with Crippen LogP contribution in [0.2, 0.25) is 5.02 Å². The van der Waals surface area contributed by atoms with Crippen molar-refractivity contribution < 1.29 is 9.59 Å². The number of nitrogens with zero attached hydrogens (tertiary/aromatic N) is 2. The summed E-state index contributed by atoms with van der Waals surface area (Å²) in [7, 11) is 1.72. The number of anilines is 2. The molecule has 1 aromatic heterocycles. The zero-order valence-corrected chi connectivity index (χ0v) is 15.2. The van der Waals surface area contributed by atoms with Crippen LogP contribution in [0.4, 0.5) is 11.5 Å². The zero-order valence-electron chi connectivity index (χ0n) is 14.4. The van der Waals surface area contributed by atoms with Crippen molar-refractivity contribution in [3.63, 3.8) is 0 Å². The van der Waals surface area contributed by atoms with E-state index < -0.39 is 6.04 Å². The van der Waals surface area contributed by atoms with Crippen molar-refractivity contribution in [2.75, 3.05) is 24.2 Å². The largest absolute Gasteiger partial charge is 0.325 e. The van der Waals surface area contributed by atoms with Gasteiger partial charge in [0.1, 0.15) is 5.82 Å². The van der Waals surface area contributed by atoms with Crippen LogP contribution < -0.4 is 10.6 Å². The molecule has 25 heavy (non-hydrogen) atoms. The number of nitrogens with one attached hydrogen (secondary N) is 2. The van der Waals surface area contributed by atoms with Crippen molar-refractivity contribution in [1.29, 1.82) is 0 Å². The van der Waals surface area contributed by atoms with E-state index in [1.54, 1.807) is 31.0 Å². The monoisotopic (exact) mass is 360 g/mol. The fourth-order valence-corrected chi connectivity index (χ4v) is 2.19. The lowest BCUT2D eigenvalue weighted by Gasteiger charge is -2.23. The minimum Gasteiger partial charge on any atom is -0.325 e. The van der Waals surface area contributed by atoms with E-state index in [0.29, 0.717) is 10.8 Å². The summed E-state index contributed by atoms with van der Waals surface area (Å²) >= 11 is 5.77. The Bertz CT molecular complexity index is 732. The number of hydrogen-bond donors (Lipinski definition) is 2. The van der Waals surface area contributed by atoms with Crippen LogP contribution in [0.5, 0.6) is 0 Å². The maximum atomic E-state index is 12.3. The summed E-state index contributed by atoms with van der Waals surface area (Å²) < 4.78 is 0. The molecule has 6 nitrogen and oxygen atoms in total. The molecule has 1 aromatic carbocycles. The van der Waals surface area contributed by atoms with E-state index in [1.807, 2.05) is 31.2 Å². The second kappa shape index (κ2) is 8.60. The van der Waals surface area contributed by atoms with Crippen LogP contribution in [0.1, 0.15) is 12.5 Å². The van der Waals surface area contributed by atoms with Crippen molar-refractivity contribution in [3.8, 4) is 0 Å². The molecule has 132 valence electrons. The van der Waals surface area contributed by atoms with Crippen LogP contribution in [-0.2, 0) is 9.59 Å². The Morgan fingerprint density at radius 3 is 2.44 bits per heavy atom. The van der Waals surface area contributed by atoms with Crippen LogP contribution >= 0.6 is 11.6 Å². The van der Waals surface area contributed by atoms with Crippen molar-refractivity contribution >= 4 is 34.9 Å². The van der Waals surface area contributed by atoms with E-state index in [0.717, 1.165) is 11.3 Å². The number of carbonyl (C=O) groups excluding carboxylic acids is 2. The maximum Gasteiger partial charge on any atom is 0.242 e. The summed E-state index contributed by atoms with van der Waals surface area (Å²) in [4.78, 5) is 30.1. The molecule has 2 amide bonds. The number of carbonyl (C=O) groups is 2. The highest BCUT2D eigenvalue weighted by atomic mass is 35.5. The summed E-state index contributed by atoms with van der Waals surface area (Å²) in [5.41, 5.74) is 1.85. The summed E-state index contributed by atoms with van der Waals surface area (Å²) in [6.45, 7) is 3.80. The van der Waals surface area contributed by atoms with E-state index >= 15 is 0 Å². The van der Waals surface area contributed by atoms with Crippen molar-refractivity contribution in [3.05, 3.63) is 53.2 Å². The molecule has 0 aliphatic rings. The second-order valence-electron chi connectivity index (χ2n) is 5.86. The molecule has 7 heteroatoms. The average Bonchev–Trinajstić information content (AvgIpc) is 2.58. The molecule has 1 heterocycles. The molecule has 0 fully saturated rings. The van der Waals surface area contributed by atoms with Crippen LogP contribution in [0.3, 0.4) is 0 Å². The minimum atomic E-state index is -0.499. The third kappa shape index (κ3) is 5.85. The molecule has 0 aliphatic carbocycles. The number of benzene rings is 1. The van der Waals surface area contributed by atoms with Crippen molar-refractivity contribution in [2.45, 2.75) is 19.9 Å². The van der Waals surface area contributed by atoms with Gasteiger partial charge in [-0.05, 0) is 45.2 Å². The molecule has 0 spiro atoms. The summed E-state index contributed by atoms with van der Waals surface area (Å²) in [6.07, 6.45) is 1.46. The Hall–Kier alpha value is -2.44. The number of amides is 2. The number of aryl methyl sites for hydroxylation is 1. The van der Waals surface area contributed by atoms with Gasteiger partial charge in [-0.25, -0.2) is 4.98 Å². The summed E-state index contributed by atoms with van der Waals surface area (Å²) in [5, 5.41) is 6.00. The summed E-state index contributed by atoms with van der Waals surface area (Å²) in [5.74, 6) is -0.0187. The van der Waals surface area contributed by atoms with Gasteiger partial charge in [0.25, 0.3) is 0 Å². The summed E-state index contributed by atoms with van der Waals surface area (Å²) in [6, 6.07) is 10.3. The molecule has 0 radical (unpaired) electrons. The molecule has 0 aliphatic heterocycles. The first kappa shape index (κ1) is 18.9. The highest BCUT2D eigenvalue weighted by molar-refractivity contribution is 6.30. The first-order valence-corrected chi connectivity index (χ1v) is 8.22. The second-order valence-corrected chi connectivity index (χ2v) is 6.29. The molecule has 0 saturated heterocycles. The Labute approximate surface area is 152 Å². The average molecular weight is 361 g/mol. The Morgan fingerprint density at radius 1 is 1.16 bits per heavy atom. The number of pyridine rings is 1. The van der Waals surface area contributed by atoms with Crippen molar-refractivity contribution in [1.82, 2.24) is 9.88 Å². The van der Waals surface area contributed by atoms with Crippen LogP contribution in [-0.4, -0.2) is 41.3 Å². The fourth-order valence-electron chi connectivity index (χ4n) is 2.08. The number of rotatable bonds is 6. The highest BCUT2D eigenvalue weighted by Crippen LogP contribution is 2.11. The number of hydrogen-bond acceptors (Lipinski definition) is 4. The van der Waals surface area contributed by atoms with Gasteiger partial charge in [-0.3, -0.25) is 14.5 Å². The van der Waals surface area contributed by atoms with Gasteiger partial charge in [0.2, 0.25) is 11.8 Å². The van der Waals surface area contributed by atoms with E-state index in [1.165, 1.54) is 6.20 Å². The SMILES string of the molecule is Cc1ccc(NC(=O)CN(C)[C@H](C)C(=O)Nc2ccc(Cl)cn2)cc1. The highest BCUT2D eigenvalue weighted by Gasteiger charge is 2.20. The van der Waals surface area contributed by atoms with E-state index in [9.17, 15) is 9.59 Å². The third-order valence-corrected chi connectivity index (χ3v) is 3.97. The zero-order chi connectivity index (χ0) is 18.4. The molecule has 2 aromatic rings. The molecule has 2 rings (SSSR count). The topological polar surface area (TPSA) is 74.3 Å². The fraction of sp³-hybridized carbons (Fsp3) is 0.278. The number of likely N-dealkylation sites (N-methyl/N-ethyl adjacent to an activating group) is 1. The van der Waals surface area contributed by atoms with Gasteiger partial charge in [0, 0.05) is 11.9 Å². The first-order valence-electron chi connectivity index (χ1n) is 7.84. The molecular weight excluding hydrogens is 340 g/mol. The Kier molecular flexibility index (Phi) is 6.50. The van der Waals surface area contributed by atoms with Gasteiger partial charge in [-0.2, -0.15) is 0 Å². The lowest BCUT2D eigenvalue weighted by atomic mass is 10.2. The number of halogens is 1. The van der Waals surface area contributed by atoms with Crippen molar-refractivity contribution in [2.24, 2.45) is 0 Å². The van der Waals surface area contributed by atoms with Gasteiger partial charge >= 0.3 is 0 Å². The smallest absolute Gasteiger partial charge is 0.242 e. The van der Waals surface area contributed by atoms with Gasteiger partial charge in [0.15, 0.2) is 0 Å². The normalized spacial score (nSPS) is 11.9. The molecule has 0 bridgehead atoms. The van der Waals surface area contributed by atoms with Crippen LogP contribution in [0.25, 0.3) is 0 Å². The van der Waals surface area contributed by atoms with Crippen LogP contribution in [0, 0.1) is 6.92 Å². The predicted octanol–water partition coefficient (Wildman–Crippen LogP) is 2.94. The first-order chi connectivity index (χ1) is 11.8. The quantitative estimate of drug-likeness (QED) is 0.830. The molecule has 1 atom stereocenters. The van der Waals surface area contributed by atoms with Gasteiger partial charge in [-0.15, -0.1) is 0 Å². The maximum absolute atomic E-state index is 12.3. The molecule has 2 N–H and O–H groups in total. The molecule has 0 unspecified atom stereocenters. The number of aromatic nitrogens is 1. The minimum absolute atomic E-state index is 0.0938. The van der Waals surface area contributed by atoms with E-state index in [-0.39, 0.29) is 18.4 Å². The molecular formula is C18H21ClN4O2. The Balaban J connectivity index is 1.86. The Morgan fingerprint density at radius 2 is 1.84 bits per heavy atom. The van der Waals surface area contributed by atoms with Crippen LogP contribution in [0.15, 0.2) is 42.6 Å². The van der Waals surface area contributed by atoms with E-state index in [2.05, 4.69) is 15.6 Å². The van der Waals surface area contributed by atoms with Gasteiger partial charge in [0.05, 0.1) is 17.6 Å². The van der Waals surface area contributed by atoms with Gasteiger partial charge in [-0.1, -0.05) is 29.3 Å². The lowest BCUT2D eigenvalue weighted by molar-refractivity contribution is -0.122.